The van der Waals surface area contributed by atoms with Crippen LogP contribution in [0.15, 0.2) is 22.7 Å². The van der Waals surface area contributed by atoms with E-state index in [1.54, 1.807) is 6.07 Å². The molecule has 0 heterocycles. The number of halogens is 2. The lowest BCUT2D eigenvalue weighted by atomic mass is 10.1. The van der Waals surface area contributed by atoms with E-state index in [0.29, 0.717) is 5.75 Å². The summed E-state index contributed by atoms with van der Waals surface area (Å²) in [5.74, 6) is 0.141. The number of aliphatic hydroxyl groups excluding tert-OH is 1. The molecule has 1 saturated carbocycles. The normalized spacial score (nSPS) is 25.4. The molecule has 1 aromatic rings. The highest BCUT2D eigenvalue weighted by molar-refractivity contribution is 9.10. The molecule has 1 fully saturated rings. The van der Waals surface area contributed by atoms with Crippen molar-refractivity contribution in [3.8, 4) is 5.75 Å². The van der Waals surface area contributed by atoms with Crippen LogP contribution in [0.25, 0.3) is 0 Å². The van der Waals surface area contributed by atoms with Gasteiger partial charge >= 0.3 is 0 Å². The Labute approximate surface area is 109 Å². The average Bonchev–Trinajstić information content (AvgIpc) is 2.50. The van der Waals surface area contributed by atoms with Crippen LogP contribution in [0.5, 0.6) is 5.75 Å². The number of aliphatic hydroxyl groups is 1. The maximum absolute atomic E-state index is 13.1. The largest absolute Gasteiger partial charge is 0.486 e. The molecule has 2 unspecified atom stereocenters. The van der Waals surface area contributed by atoms with Crippen LogP contribution in [0, 0.1) is 5.82 Å². The Morgan fingerprint density at radius 1 is 1.24 bits per heavy atom. The first-order valence-electron chi connectivity index (χ1n) is 5.96. The van der Waals surface area contributed by atoms with E-state index in [-0.39, 0.29) is 11.9 Å². The summed E-state index contributed by atoms with van der Waals surface area (Å²) in [6, 6.07) is 4.34. The zero-order valence-corrected chi connectivity index (χ0v) is 11.1. The van der Waals surface area contributed by atoms with Gasteiger partial charge in [-0.15, -0.1) is 0 Å². The van der Waals surface area contributed by atoms with E-state index in [2.05, 4.69) is 15.9 Å². The lowest BCUT2D eigenvalue weighted by Gasteiger charge is -2.22. The predicted molar refractivity (Wildman–Crippen MR) is 67.6 cm³/mol. The standard InChI is InChI=1S/C13H16BrFO2/c14-10-7-6-9(15)8-13(10)17-12-5-3-1-2-4-11(12)16/h6-8,11-12,16H,1-5H2. The Kier molecular flexibility index (Phi) is 4.40. The Bertz CT molecular complexity index is 384. The van der Waals surface area contributed by atoms with Crippen molar-refractivity contribution < 1.29 is 14.2 Å². The smallest absolute Gasteiger partial charge is 0.136 e. The highest BCUT2D eigenvalue weighted by Gasteiger charge is 2.23. The van der Waals surface area contributed by atoms with Gasteiger partial charge < -0.3 is 9.84 Å². The first-order valence-corrected chi connectivity index (χ1v) is 6.76. The molecule has 4 heteroatoms. The molecule has 17 heavy (non-hydrogen) atoms. The van der Waals surface area contributed by atoms with Gasteiger partial charge in [-0.1, -0.05) is 12.8 Å². The second kappa shape index (κ2) is 5.83. The summed E-state index contributed by atoms with van der Waals surface area (Å²) in [7, 11) is 0. The summed E-state index contributed by atoms with van der Waals surface area (Å²) < 4.78 is 19.6. The highest BCUT2D eigenvalue weighted by Crippen LogP contribution is 2.29. The number of rotatable bonds is 2. The van der Waals surface area contributed by atoms with Crippen LogP contribution >= 0.6 is 15.9 Å². The molecule has 2 rings (SSSR count). The Balaban J connectivity index is 2.10. The van der Waals surface area contributed by atoms with Crippen LogP contribution in [0.1, 0.15) is 32.1 Å². The molecule has 0 spiro atoms. The van der Waals surface area contributed by atoms with Gasteiger partial charge in [0.05, 0.1) is 10.6 Å². The Morgan fingerprint density at radius 3 is 2.82 bits per heavy atom. The minimum Gasteiger partial charge on any atom is -0.486 e. The van der Waals surface area contributed by atoms with Gasteiger partial charge in [-0.25, -0.2) is 4.39 Å². The third-order valence-corrected chi connectivity index (χ3v) is 3.74. The van der Waals surface area contributed by atoms with Crippen LogP contribution < -0.4 is 4.74 Å². The molecule has 0 aliphatic heterocycles. The summed E-state index contributed by atoms with van der Waals surface area (Å²) >= 11 is 3.32. The van der Waals surface area contributed by atoms with E-state index in [1.807, 2.05) is 0 Å². The molecule has 1 N–H and O–H groups in total. The molecule has 0 radical (unpaired) electrons. The molecular formula is C13H16BrFO2. The molecule has 0 bridgehead atoms. The third-order valence-electron chi connectivity index (χ3n) is 3.09. The van der Waals surface area contributed by atoms with Crippen LogP contribution in [-0.2, 0) is 0 Å². The van der Waals surface area contributed by atoms with E-state index >= 15 is 0 Å². The van der Waals surface area contributed by atoms with E-state index < -0.39 is 6.10 Å². The molecule has 1 aromatic carbocycles. The van der Waals surface area contributed by atoms with Gasteiger partial charge in [-0.05, 0) is 47.3 Å². The number of hydrogen-bond donors (Lipinski definition) is 1. The quantitative estimate of drug-likeness (QED) is 0.845. The van der Waals surface area contributed by atoms with Gasteiger partial charge in [0.2, 0.25) is 0 Å². The van der Waals surface area contributed by atoms with Gasteiger partial charge in [-0.2, -0.15) is 0 Å². The molecule has 94 valence electrons. The zero-order chi connectivity index (χ0) is 12.3. The minimum atomic E-state index is -0.451. The summed E-state index contributed by atoms with van der Waals surface area (Å²) in [6.45, 7) is 0. The average molecular weight is 303 g/mol. The van der Waals surface area contributed by atoms with Gasteiger partial charge in [-0.3, -0.25) is 0 Å². The summed E-state index contributed by atoms with van der Waals surface area (Å²) in [5.41, 5.74) is 0. The van der Waals surface area contributed by atoms with Gasteiger partial charge in [0.1, 0.15) is 17.7 Å². The SMILES string of the molecule is OC1CCCCCC1Oc1cc(F)ccc1Br. The third kappa shape index (κ3) is 3.42. The first-order chi connectivity index (χ1) is 8.16. The van der Waals surface area contributed by atoms with Crippen LogP contribution in [0.4, 0.5) is 4.39 Å². The molecule has 2 nitrogen and oxygen atoms in total. The van der Waals surface area contributed by atoms with Crippen molar-refractivity contribution in [2.75, 3.05) is 0 Å². The van der Waals surface area contributed by atoms with Crippen molar-refractivity contribution >= 4 is 15.9 Å². The lowest BCUT2D eigenvalue weighted by molar-refractivity contribution is 0.0313. The van der Waals surface area contributed by atoms with Crippen molar-refractivity contribution in [3.05, 3.63) is 28.5 Å². The van der Waals surface area contributed by atoms with E-state index in [0.717, 1.165) is 36.6 Å². The molecular weight excluding hydrogens is 287 g/mol. The minimum absolute atomic E-state index is 0.226. The molecule has 0 saturated heterocycles. The lowest BCUT2D eigenvalue weighted by Crippen LogP contribution is -2.30. The number of benzene rings is 1. The summed E-state index contributed by atoms with van der Waals surface area (Å²) in [4.78, 5) is 0. The molecule has 1 aliphatic carbocycles. The highest BCUT2D eigenvalue weighted by atomic mass is 79.9. The monoisotopic (exact) mass is 302 g/mol. The predicted octanol–water partition coefficient (Wildman–Crippen LogP) is 3.66. The molecule has 0 aromatic heterocycles. The zero-order valence-electron chi connectivity index (χ0n) is 9.53. The number of ether oxygens (including phenoxy) is 1. The van der Waals surface area contributed by atoms with E-state index in [1.165, 1.54) is 12.1 Å². The molecule has 1 aliphatic rings. The van der Waals surface area contributed by atoms with Gasteiger partial charge in [0.15, 0.2) is 0 Å². The molecule has 0 amide bonds. The fourth-order valence-electron chi connectivity index (χ4n) is 2.12. The fourth-order valence-corrected chi connectivity index (χ4v) is 2.46. The van der Waals surface area contributed by atoms with Crippen molar-refractivity contribution in [3.63, 3.8) is 0 Å². The van der Waals surface area contributed by atoms with Gasteiger partial charge in [0.25, 0.3) is 0 Å². The maximum Gasteiger partial charge on any atom is 0.136 e. The Morgan fingerprint density at radius 2 is 2.00 bits per heavy atom. The first kappa shape index (κ1) is 12.8. The summed E-state index contributed by atoms with van der Waals surface area (Å²) in [5, 5.41) is 9.94. The second-order valence-electron chi connectivity index (χ2n) is 4.44. The van der Waals surface area contributed by atoms with Crippen molar-refractivity contribution in [1.29, 1.82) is 0 Å². The topological polar surface area (TPSA) is 29.5 Å². The van der Waals surface area contributed by atoms with Crippen LogP contribution in [-0.4, -0.2) is 17.3 Å². The second-order valence-corrected chi connectivity index (χ2v) is 5.29. The van der Waals surface area contributed by atoms with Crippen molar-refractivity contribution in [2.24, 2.45) is 0 Å². The van der Waals surface area contributed by atoms with Gasteiger partial charge in [0, 0.05) is 6.07 Å². The van der Waals surface area contributed by atoms with Crippen LogP contribution in [0.2, 0.25) is 0 Å². The molecule has 2 atom stereocenters. The Hall–Kier alpha value is -0.610. The van der Waals surface area contributed by atoms with Crippen molar-refractivity contribution in [1.82, 2.24) is 0 Å². The number of hydrogen-bond acceptors (Lipinski definition) is 2. The van der Waals surface area contributed by atoms with Crippen molar-refractivity contribution in [2.45, 2.75) is 44.3 Å². The summed E-state index contributed by atoms with van der Waals surface area (Å²) in [6.07, 6.45) is 4.12. The van der Waals surface area contributed by atoms with E-state index in [9.17, 15) is 9.50 Å². The maximum atomic E-state index is 13.1. The van der Waals surface area contributed by atoms with E-state index in [4.69, 9.17) is 4.74 Å². The van der Waals surface area contributed by atoms with Crippen LogP contribution in [0.3, 0.4) is 0 Å². The fraction of sp³-hybridized carbons (Fsp3) is 0.538.